The molecule has 0 fully saturated rings. The van der Waals surface area contributed by atoms with Crippen molar-refractivity contribution in [2.45, 2.75) is 51.8 Å². The molecular formula is C11H21NOS. The van der Waals surface area contributed by atoms with Crippen molar-refractivity contribution in [3.05, 3.63) is 11.5 Å². The lowest BCUT2D eigenvalue weighted by atomic mass is 10.1. The zero-order valence-electron chi connectivity index (χ0n) is 9.81. The van der Waals surface area contributed by atoms with Crippen molar-refractivity contribution in [2.24, 2.45) is 0 Å². The summed E-state index contributed by atoms with van der Waals surface area (Å²) in [6, 6.07) is 0. The van der Waals surface area contributed by atoms with Crippen LogP contribution in [0.2, 0.25) is 0 Å². The van der Waals surface area contributed by atoms with Crippen LogP contribution < -0.4 is 5.32 Å². The molecule has 0 aliphatic rings. The minimum atomic E-state index is -0.153. The quantitative estimate of drug-likeness (QED) is 0.781. The number of carbonyl (C=O) groups excluding carboxylic acids is 1. The first kappa shape index (κ1) is 13.6. The predicted molar refractivity (Wildman–Crippen MR) is 64.4 cm³/mol. The van der Waals surface area contributed by atoms with E-state index >= 15 is 0 Å². The lowest BCUT2D eigenvalue weighted by Crippen LogP contribution is -2.40. The van der Waals surface area contributed by atoms with Gasteiger partial charge in [0.25, 0.3) is 0 Å². The summed E-state index contributed by atoms with van der Waals surface area (Å²) in [6.45, 7) is 14.0. The van der Waals surface area contributed by atoms with Crippen molar-refractivity contribution in [2.75, 3.05) is 0 Å². The maximum absolute atomic E-state index is 11.5. The standard InChI is InChI=1S/C11H21NOS/c1-8(2)14-9(3)7-10(13)12-11(4,5)6/h8H,3,7H2,1-2,4-6H3,(H,12,13). The molecule has 14 heavy (non-hydrogen) atoms. The SMILES string of the molecule is C=C(CC(=O)NC(C)(C)C)SC(C)C. The van der Waals surface area contributed by atoms with E-state index in [1.807, 2.05) is 20.8 Å². The van der Waals surface area contributed by atoms with E-state index < -0.39 is 0 Å². The summed E-state index contributed by atoms with van der Waals surface area (Å²) in [5, 5.41) is 3.40. The van der Waals surface area contributed by atoms with Gasteiger partial charge in [0, 0.05) is 10.8 Å². The third kappa shape index (κ3) is 8.17. The van der Waals surface area contributed by atoms with Crippen molar-refractivity contribution < 1.29 is 4.79 Å². The zero-order valence-corrected chi connectivity index (χ0v) is 10.6. The molecule has 0 aromatic carbocycles. The van der Waals surface area contributed by atoms with Gasteiger partial charge in [-0.25, -0.2) is 0 Å². The van der Waals surface area contributed by atoms with E-state index in [1.165, 1.54) is 0 Å². The number of hydrogen-bond donors (Lipinski definition) is 1. The number of carbonyl (C=O) groups is 1. The Morgan fingerprint density at radius 3 is 2.29 bits per heavy atom. The van der Waals surface area contributed by atoms with Crippen molar-refractivity contribution in [3.8, 4) is 0 Å². The Kier molecular flexibility index (Phi) is 5.27. The molecule has 0 aliphatic heterocycles. The number of hydrogen-bond acceptors (Lipinski definition) is 2. The highest BCUT2D eigenvalue weighted by atomic mass is 32.2. The van der Waals surface area contributed by atoms with Crippen LogP contribution in [0, 0.1) is 0 Å². The van der Waals surface area contributed by atoms with Gasteiger partial charge < -0.3 is 5.32 Å². The van der Waals surface area contributed by atoms with Crippen LogP contribution in [0.15, 0.2) is 11.5 Å². The summed E-state index contributed by atoms with van der Waals surface area (Å²) >= 11 is 1.65. The summed E-state index contributed by atoms with van der Waals surface area (Å²) in [4.78, 5) is 12.4. The first-order chi connectivity index (χ1) is 6.20. The molecule has 0 unspecified atom stereocenters. The highest BCUT2D eigenvalue weighted by molar-refractivity contribution is 8.03. The smallest absolute Gasteiger partial charge is 0.225 e. The second kappa shape index (κ2) is 5.44. The van der Waals surface area contributed by atoms with Crippen LogP contribution in [0.3, 0.4) is 0 Å². The molecule has 0 saturated heterocycles. The molecule has 2 nitrogen and oxygen atoms in total. The summed E-state index contributed by atoms with van der Waals surface area (Å²) in [7, 11) is 0. The summed E-state index contributed by atoms with van der Waals surface area (Å²) in [5.41, 5.74) is -0.153. The van der Waals surface area contributed by atoms with E-state index in [2.05, 4.69) is 25.7 Å². The van der Waals surface area contributed by atoms with Gasteiger partial charge in [0.1, 0.15) is 0 Å². The van der Waals surface area contributed by atoms with Crippen LogP contribution in [0.5, 0.6) is 0 Å². The van der Waals surface area contributed by atoms with Gasteiger partial charge in [-0.2, -0.15) is 0 Å². The van der Waals surface area contributed by atoms with Crippen LogP contribution in [-0.4, -0.2) is 16.7 Å². The average Bonchev–Trinajstić information content (AvgIpc) is 1.77. The molecular weight excluding hydrogens is 194 g/mol. The van der Waals surface area contributed by atoms with Crippen molar-refractivity contribution in [3.63, 3.8) is 0 Å². The number of rotatable bonds is 4. The fourth-order valence-electron chi connectivity index (χ4n) is 1.02. The monoisotopic (exact) mass is 215 g/mol. The minimum absolute atomic E-state index is 0.0515. The molecule has 0 bridgehead atoms. The molecule has 1 amide bonds. The van der Waals surface area contributed by atoms with Gasteiger partial charge in [-0.05, 0) is 25.7 Å². The molecule has 0 radical (unpaired) electrons. The Bertz CT molecular complexity index is 216. The Balaban J connectivity index is 3.90. The Labute approximate surface area is 91.5 Å². The lowest BCUT2D eigenvalue weighted by Gasteiger charge is -2.20. The predicted octanol–water partition coefficient (Wildman–Crippen LogP) is 2.95. The topological polar surface area (TPSA) is 29.1 Å². The molecule has 3 heteroatoms. The second-order valence-electron chi connectivity index (χ2n) is 4.68. The maximum Gasteiger partial charge on any atom is 0.225 e. The number of thioether (sulfide) groups is 1. The fourth-order valence-corrected chi connectivity index (χ4v) is 1.90. The van der Waals surface area contributed by atoms with E-state index in [9.17, 15) is 4.79 Å². The Morgan fingerprint density at radius 2 is 1.93 bits per heavy atom. The largest absolute Gasteiger partial charge is 0.351 e. The van der Waals surface area contributed by atoms with E-state index in [1.54, 1.807) is 11.8 Å². The minimum Gasteiger partial charge on any atom is -0.351 e. The molecule has 0 rings (SSSR count). The Morgan fingerprint density at radius 1 is 1.43 bits per heavy atom. The summed E-state index contributed by atoms with van der Waals surface area (Å²) in [5.74, 6) is 0.0515. The Hall–Kier alpha value is -0.440. The van der Waals surface area contributed by atoms with E-state index in [0.29, 0.717) is 11.7 Å². The highest BCUT2D eigenvalue weighted by Gasteiger charge is 2.14. The third-order valence-corrected chi connectivity index (χ3v) is 2.22. The van der Waals surface area contributed by atoms with Gasteiger partial charge in [0.15, 0.2) is 0 Å². The van der Waals surface area contributed by atoms with Crippen LogP contribution in [0.25, 0.3) is 0 Å². The molecule has 0 aromatic heterocycles. The molecule has 0 saturated carbocycles. The average molecular weight is 215 g/mol. The molecule has 0 aliphatic carbocycles. The van der Waals surface area contributed by atoms with Gasteiger partial charge in [-0.15, -0.1) is 11.8 Å². The molecule has 82 valence electrons. The molecule has 1 N–H and O–H groups in total. The first-order valence-electron chi connectivity index (χ1n) is 4.86. The van der Waals surface area contributed by atoms with E-state index in [-0.39, 0.29) is 11.4 Å². The maximum atomic E-state index is 11.5. The van der Waals surface area contributed by atoms with Crippen molar-refractivity contribution in [1.82, 2.24) is 5.32 Å². The van der Waals surface area contributed by atoms with Gasteiger partial charge in [0.05, 0.1) is 6.42 Å². The normalized spacial score (nSPS) is 11.6. The third-order valence-electron chi connectivity index (χ3n) is 1.27. The second-order valence-corrected chi connectivity index (χ2v) is 6.44. The van der Waals surface area contributed by atoms with Crippen molar-refractivity contribution in [1.29, 1.82) is 0 Å². The number of nitrogens with one attached hydrogen (secondary N) is 1. The van der Waals surface area contributed by atoms with Crippen LogP contribution in [0.4, 0.5) is 0 Å². The van der Waals surface area contributed by atoms with E-state index in [4.69, 9.17) is 0 Å². The van der Waals surface area contributed by atoms with Gasteiger partial charge in [-0.3, -0.25) is 4.79 Å². The molecule has 0 heterocycles. The van der Waals surface area contributed by atoms with E-state index in [0.717, 1.165) is 4.91 Å². The van der Waals surface area contributed by atoms with Crippen LogP contribution in [-0.2, 0) is 4.79 Å². The van der Waals surface area contributed by atoms with Crippen LogP contribution >= 0.6 is 11.8 Å². The van der Waals surface area contributed by atoms with Crippen molar-refractivity contribution >= 4 is 17.7 Å². The molecule has 0 spiro atoms. The summed E-state index contributed by atoms with van der Waals surface area (Å²) < 4.78 is 0. The highest BCUT2D eigenvalue weighted by Crippen LogP contribution is 2.22. The van der Waals surface area contributed by atoms with Gasteiger partial charge in [0.2, 0.25) is 5.91 Å². The fraction of sp³-hybridized carbons (Fsp3) is 0.727. The number of amides is 1. The first-order valence-corrected chi connectivity index (χ1v) is 5.74. The zero-order chi connectivity index (χ0) is 11.4. The lowest BCUT2D eigenvalue weighted by molar-refractivity contribution is -0.121. The van der Waals surface area contributed by atoms with Gasteiger partial charge >= 0.3 is 0 Å². The van der Waals surface area contributed by atoms with Crippen LogP contribution in [0.1, 0.15) is 41.0 Å². The molecule has 0 aromatic rings. The molecule has 0 atom stereocenters. The summed E-state index contributed by atoms with van der Waals surface area (Å²) in [6.07, 6.45) is 0.417. The van der Waals surface area contributed by atoms with Gasteiger partial charge in [-0.1, -0.05) is 20.4 Å².